The molecule has 0 unspecified atom stereocenters. The van der Waals surface area contributed by atoms with Crippen LogP contribution in [0.25, 0.3) is 0 Å². The second-order valence-electron chi connectivity index (χ2n) is 3.92. The second kappa shape index (κ2) is 3.99. The summed E-state index contributed by atoms with van der Waals surface area (Å²) in [6.45, 7) is 2.47. The number of rotatable bonds is 1. The van der Waals surface area contributed by atoms with Gasteiger partial charge in [-0.15, -0.1) is 10.2 Å². The third kappa shape index (κ3) is 1.76. The summed E-state index contributed by atoms with van der Waals surface area (Å²) < 4.78 is 2.97. The van der Waals surface area contributed by atoms with Gasteiger partial charge in [-0.3, -0.25) is 4.98 Å². The molecule has 0 bridgehead atoms. The predicted octanol–water partition coefficient (Wildman–Crippen LogP) is 1.04. The summed E-state index contributed by atoms with van der Waals surface area (Å²) >= 11 is 3.49. The maximum Gasteiger partial charge on any atom is 0.152 e. The predicted molar refractivity (Wildman–Crippen MR) is 67.4 cm³/mol. The topological polar surface area (TPSA) is 72.9 Å². The Morgan fingerprint density at radius 1 is 1.29 bits per heavy atom. The van der Waals surface area contributed by atoms with Gasteiger partial charge in [-0.1, -0.05) is 0 Å². The van der Waals surface area contributed by atoms with Gasteiger partial charge in [0, 0.05) is 19.3 Å². The van der Waals surface area contributed by atoms with Crippen molar-refractivity contribution in [3.63, 3.8) is 0 Å². The maximum absolute atomic E-state index is 5.97. The van der Waals surface area contributed by atoms with Crippen LogP contribution in [0.2, 0.25) is 0 Å². The van der Waals surface area contributed by atoms with E-state index < -0.39 is 0 Å². The van der Waals surface area contributed by atoms with E-state index in [1.54, 1.807) is 18.7 Å². The minimum atomic E-state index is 0.673. The molecule has 6 nitrogen and oxygen atoms in total. The van der Waals surface area contributed by atoms with Crippen LogP contribution < -0.4 is 10.6 Å². The van der Waals surface area contributed by atoms with Gasteiger partial charge in [-0.05, 0) is 15.9 Å². The van der Waals surface area contributed by atoms with Crippen LogP contribution in [-0.2, 0) is 13.1 Å². The molecule has 2 N–H and O–H groups in total. The van der Waals surface area contributed by atoms with Gasteiger partial charge in [0.2, 0.25) is 0 Å². The highest BCUT2D eigenvalue weighted by Gasteiger charge is 2.21. The summed E-state index contributed by atoms with van der Waals surface area (Å²) in [6, 6.07) is 0. The van der Waals surface area contributed by atoms with Crippen molar-refractivity contribution >= 4 is 27.3 Å². The van der Waals surface area contributed by atoms with E-state index in [9.17, 15) is 0 Å². The van der Waals surface area contributed by atoms with Crippen molar-refractivity contribution in [3.8, 4) is 0 Å². The first kappa shape index (κ1) is 10.5. The van der Waals surface area contributed by atoms with Crippen LogP contribution >= 0.6 is 15.9 Å². The zero-order valence-corrected chi connectivity index (χ0v) is 10.6. The minimum Gasteiger partial charge on any atom is -0.396 e. The number of pyridine rings is 1. The van der Waals surface area contributed by atoms with Gasteiger partial charge in [0.05, 0.1) is 28.6 Å². The molecule has 0 radical (unpaired) electrons. The Hall–Kier alpha value is -1.63. The van der Waals surface area contributed by atoms with Crippen LogP contribution in [0.5, 0.6) is 0 Å². The fourth-order valence-electron chi connectivity index (χ4n) is 2.03. The highest BCUT2D eigenvalue weighted by atomic mass is 79.9. The number of hydrogen-bond acceptors (Lipinski definition) is 5. The smallest absolute Gasteiger partial charge is 0.152 e. The monoisotopic (exact) mass is 294 g/mol. The lowest BCUT2D eigenvalue weighted by Gasteiger charge is -2.30. The van der Waals surface area contributed by atoms with Gasteiger partial charge in [0.1, 0.15) is 6.33 Å². The third-order valence-electron chi connectivity index (χ3n) is 2.86. The second-order valence-corrected chi connectivity index (χ2v) is 4.78. The van der Waals surface area contributed by atoms with E-state index in [-0.39, 0.29) is 0 Å². The minimum absolute atomic E-state index is 0.673. The molecule has 0 amide bonds. The molecule has 0 aromatic carbocycles. The molecule has 88 valence electrons. The van der Waals surface area contributed by atoms with Crippen molar-refractivity contribution in [2.24, 2.45) is 0 Å². The summed E-state index contributed by atoms with van der Waals surface area (Å²) in [5.74, 6) is 0.958. The fraction of sp³-hybridized carbons (Fsp3) is 0.300. The molecule has 0 aliphatic carbocycles. The van der Waals surface area contributed by atoms with Gasteiger partial charge in [0.25, 0.3) is 0 Å². The van der Waals surface area contributed by atoms with E-state index in [1.807, 2.05) is 0 Å². The highest BCUT2D eigenvalue weighted by Crippen LogP contribution is 2.32. The molecule has 0 saturated heterocycles. The number of halogens is 1. The Labute approximate surface area is 107 Å². The van der Waals surface area contributed by atoms with Crippen molar-refractivity contribution in [3.05, 3.63) is 29.0 Å². The lowest BCUT2D eigenvalue weighted by molar-refractivity contribution is 0.560. The number of hydrogen-bond donors (Lipinski definition) is 1. The maximum atomic E-state index is 5.97. The van der Waals surface area contributed by atoms with Crippen molar-refractivity contribution in [1.29, 1.82) is 0 Å². The average Bonchev–Trinajstić information content (AvgIpc) is 2.76. The fourth-order valence-corrected chi connectivity index (χ4v) is 2.63. The summed E-state index contributed by atoms with van der Waals surface area (Å²) in [4.78, 5) is 6.23. The lowest BCUT2D eigenvalue weighted by Crippen LogP contribution is -2.34. The molecular formula is C10H11BrN6. The number of fused-ring (bicyclic) bond motifs is 1. The molecular weight excluding hydrogens is 284 g/mol. The number of nitrogen functional groups attached to an aromatic ring is 1. The van der Waals surface area contributed by atoms with Crippen molar-refractivity contribution in [2.75, 3.05) is 17.2 Å². The molecule has 0 fully saturated rings. The number of nitrogens with two attached hydrogens (primary N) is 1. The lowest BCUT2D eigenvalue weighted by atomic mass is 10.2. The van der Waals surface area contributed by atoms with E-state index in [0.29, 0.717) is 12.2 Å². The zero-order chi connectivity index (χ0) is 11.8. The first-order valence-corrected chi connectivity index (χ1v) is 6.05. The molecule has 0 atom stereocenters. The van der Waals surface area contributed by atoms with Crippen molar-refractivity contribution in [2.45, 2.75) is 13.1 Å². The van der Waals surface area contributed by atoms with Gasteiger partial charge >= 0.3 is 0 Å². The normalized spacial score (nSPS) is 14.8. The van der Waals surface area contributed by atoms with E-state index >= 15 is 0 Å². The van der Waals surface area contributed by atoms with Gasteiger partial charge in [0.15, 0.2) is 5.82 Å². The zero-order valence-electron chi connectivity index (χ0n) is 9.04. The summed E-state index contributed by atoms with van der Waals surface area (Å²) in [5, 5.41) is 8.00. The molecule has 3 heterocycles. The first-order valence-electron chi connectivity index (χ1n) is 5.26. The Kier molecular flexibility index (Phi) is 2.47. The van der Waals surface area contributed by atoms with E-state index in [1.165, 1.54) is 0 Å². The van der Waals surface area contributed by atoms with Crippen LogP contribution in [0.15, 0.2) is 23.2 Å². The molecule has 7 heteroatoms. The molecule has 1 aliphatic heterocycles. The van der Waals surface area contributed by atoms with Crippen molar-refractivity contribution < 1.29 is 0 Å². The molecule has 0 saturated carbocycles. The van der Waals surface area contributed by atoms with Crippen LogP contribution in [-0.4, -0.2) is 26.3 Å². The largest absolute Gasteiger partial charge is 0.396 e. The number of anilines is 2. The molecule has 3 rings (SSSR count). The van der Waals surface area contributed by atoms with Crippen LogP contribution in [0.4, 0.5) is 11.4 Å². The highest BCUT2D eigenvalue weighted by molar-refractivity contribution is 9.10. The molecule has 1 aliphatic rings. The summed E-state index contributed by atoms with van der Waals surface area (Å²) in [7, 11) is 0. The summed E-state index contributed by atoms with van der Waals surface area (Å²) in [5.41, 5.74) is 7.62. The average molecular weight is 295 g/mol. The molecule has 2 aromatic heterocycles. The number of aromatic nitrogens is 4. The summed E-state index contributed by atoms with van der Waals surface area (Å²) in [6.07, 6.45) is 5.18. The van der Waals surface area contributed by atoms with Gasteiger partial charge in [-0.2, -0.15) is 0 Å². The van der Waals surface area contributed by atoms with Crippen LogP contribution in [0, 0.1) is 0 Å². The Bertz CT molecular complexity index is 531. The Morgan fingerprint density at radius 2 is 2.18 bits per heavy atom. The molecule has 17 heavy (non-hydrogen) atoms. The van der Waals surface area contributed by atoms with Crippen LogP contribution in [0.1, 0.15) is 5.82 Å². The van der Waals surface area contributed by atoms with Crippen molar-refractivity contribution in [1.82, 2.24) is 19.7 Å². The molecule has 2 aromatic rings. The quantitative estimate of drug-likeness (QED) is 0.851. The third-order valence-corrected chi connectivity index (χ3v) is 3.44. The Morgan fingerprint density at radius 3 is 3.00 bits per heavy atom. The molecule has 0 spiro atoms. The van der Waals surface area contributed by atoms with E-state index in [4.69, 9.17) is 5.73 Å². The SMILES string of the molecule is Nc1cncc(Br)c1N1CCn2cnnc2C1. The van der Waals surface area contributed by atoms with E-state index in [2.05, 4.69) is 40.6 Å². The standard InChI is InChI=1S/C10H11BrN6/c11-7-3-13-4-8(12)10(7)16-1-2-17-6-14-15-9(17)5-16/h3-4,6H,1-2,5,12H2. The first-order chi connectivity index (χ1) is 8.25. The van der Waals surface area contributed by atoms with Gasteiger partial charge < -0.3 is 15.2 Å². The van der Waals surface area contributed by atoms with Crippen LogP contribution in [0.3, 0.4) is 0 Å². The number of nitrogens with zero attached hydrogens (tertiary/aromatic N) is 5. The van der Waals surface area contributed by atoms with Gasteiger partial charge in [-0.25, -0.2) is 0 Å². The Balaban J connectivity index is 1.97. The van der Waals surface area contributed by atoms with E-state index in [0.717, 1.165) is 29.1 Å².